The van der Waals surface area contributed by atoms with E-state index in [2.05, 4.69) is 0 Å². The van der Waals surface area contributed by atoms with Gasteiger partial charge in [0.05, 0.1) is 17.7 Å². The van der Waals surface area contributed by atoms with Crippen LogP contribution in [0.25, 0.3) is 11.0 Å². The summed E-state index contributed by atoms with van der Waals surface area (Å²) in [5.74, 6) is -1.03. The number of carbonyl (C=O) groups excluding carboxylic acids is 3. The molecule has 1 aliphatic heterocycles. The van der Waals surface area contributed by atoms with Gasteiger partial charge in [0.2, 0.25) is 0 Å². The summed E-state index contributed by atoms with van der Waals surface area (Å²) in [6.07, 6.45) is 0. The van der Waals surface area contributed by atoms with E-state index in [1.807, 2.05) is 0 Å². The van der Waals surface area contributed by atoms with Crippen LogP contribution >= 0.6 is 0 Å². The van der Waals surface area contributed by atoms with E-state index in [0.29, 0.717) is 27.6 Å². The number of aryl methyl sites for hydroxylation is 1. The van der Waals surface area contributed by atoms with E-state index in [9.17, 15) is 19.2 Å². The molecule has 4 rings (SSSR count). The fourth-order valence-electron chi connectivity index (χ4n) is 3.36. The third-order valence-corrected chi connectivity index (χ3v) is 4.66. The normalized spacial score (nSPS) is 13.1. The Morgan fingerprint density at radius 2 is 1.68 bits per heavy atom. The molecular formula is C21H15NO6. The average Bonchev–Trinajstić information content (AvgIpc) is 2.89. The lowest BCUT2D eigenvalue weighted by Crippen LogP contribution is -2.29. The molecule has 2 amide bonds. The van der Waals surface area contributed by atoms with Crippen LogP contribution in [0.2, 0.25) is 0 Å². The molecule has 2 heterocycles. The molecule has 1 aromatic heterocycles. The zero-order valence-electron chi connectivity index (χ0n) is 15.1. The van der Waals surface area contributed by atoms with Crippen molar-refractivity contribution < 1.29 is 23.5 Å². The van der Waals surface area contributed by atoms with Gasteiger partial charge in [-0.2, -0.15) is 0 Å². The van der Waals surface area contributed by atoms with Gasteiger partial charge in [-0.15, -0.1) is 0 Å². The SMILES string of the molecule is CC(=O)Oc1ccc2c(CN3C(=O)c4ccccc4C3=O)cc(=O)oc2c1C. The summed E-state index contributed by atoms with van der Waals surface area (Å²) in [6, 6.07) is 11.1. The second-order valence-corrected chi connectivity index (χ2v) is 6.49. The topological polar surface area (TPSA) is 93.9 Å². The standard InChI is InChI=1S/C21H15NO6/c1-11-17(27-12(2)23)8-7-14-13(9-18(24)28-19(11)14)10-22-20(25)15-5-3-4-6-16(15)21(22)26/h3-9H,10H2,1-2H3. The lowest BCUT2D eigenvalue weighted by molar-refractivity contribution is -0.131. The number of imide groups is 1. The smallest absolute Gasteiger partial charge is 0.336 e. The Bertz CT molecular complexity index is 1190. The molecule has 28 heavy (non-hydrogen) atoms. The minimum absolute atomic E-state index is 0.0687. The largest absolute Gasteiger partial charge is 0.426 e. The first-order valence-corrected chi connectivity index (χ1v) is 8.57. The van der Waals surface area contributed by atoms with Crippen molar-refractivity contribution in [3.8, 4) is 5.75 Å². The summed E-state index contributed by atoms with van der Waals surface area (Å²) in [5.41, 5.74) is 1.26. The number of hydrogen-bond donors (Lipinski definition) is 0. The number of carbonyl (C=O) groups is 3. The number of hydrogen-bond acceptors (Lipinski definition) is 6. The first-order chi connectivity index (χ1) is 13.4. The summed E-state index contributed by atoms with van der Waals surface area (Å²) < 4.78 is 10.4. The number of esters is 1. The Balaban J connectivity index is 1.79. The second kappa shape index (κ2) is 6.45. The van der Waals surface area contributed by atoms with Gasteiger partial charge in [-0.25, -0.2) is 4.79 Å². The van der Waals surface area contributed by atoms with Crippen LogP contribution in [0.1, 0.15) is 38.8 Å². The molecule has 3 aromatic rings. The lowest BCUT2D eigenvalue weighted by atomic mass is 10.1. The number of amides is 2. The summed E-state index contributed by atoms with van der Waals surface area (Å²) in [5, 5.41) is 0.560. The molecule has 0 spiro atoms. The number of benzene rings is 2. The van der Waals surface area contributed by atoms with Crippen molar-refractivity contribution in [2.24, 2.45) is 0 Å². The zero-order valence-corrected chi connectivity index (χ0v) is 15.1. The molecule has 0 N–H and O–H groups in total. The minimum atomic E-state index is -0.623. The molecule has 0 aliphatic carbocycles. The van der Waals surface area contributed by atoms with Crippen LogP contribution in [0.15, 0.2) is 51.7 Å². The van der Waals surface area contributed by atoms with Gasteiger partial charge in [-0.3, -0.25) is 19.3 Å². The first kappa shape index (κ1) is 17.7. The molecule has 0 saturated heterocycles. The lowest BCUT2D eigenvalue weighted by Gasteiger charge is -2.16. The molecule has 0 saturated carbocycles. The van der Waals surface area contributed by atoms with E-state index >= 15 is 0 Å². The Kier molecular flexibility index (Phi) is 4.07. The van der Waals surface area contributed by atoms with Gasteiger partial charge < -0.3 is 9.15 Å². The van der Waals surface area contributed by atoms with Gasteiger partial charge >= 0.3 is 11.6 Å². The molecule has 0 radical (unpaired) electrons. The van der Waals surface area contributed by atoms with Crippen molar-refractivity contribution >= 4 is 28.8 Å². The predicted molar refractivity (Wildman–Crippen MR) is 99.2 cm³/mol. The van der Waals surface area contributed by atoms with Gasteiger partial charge in [-0.1, -0.05) is 12.1 Å². The molecule has 0 unspecified atom stereocenters. The van der Waals surface area contributed by atoms with Crippen molar-refractivity contribution in [1.29, 1.82) is 0 Å². The molecule has 0 atom stereocenters. The highest BCUT2D eigenvalue weighted by Crippen LogP contribution is 2.31. The third-order valence-electron chi connectivity index (χ3n) is 4.66. The molecule has 7 heteroatoms. The average molecular weight is 377 g/mol. The van der Waals surface area contributed by atoms with Crippen LogP contribution in [0.5, 0.6) is 5.75 Å². The molecule has 1 aliphatic rings. The van der Waals surface area contributed by atoms with Gasteiger partial charge in [0.15, 0.2) is 0 Å². The van der Waals surface area contributed by atoms with Crippen molar-refractivity contribution in [1.82, 2.24) is 4.90 Å². The summed E-state index contributed by atoms with van der Waals surface area (Å²) >= 11 is 0. The predicted octanol–water partition coefficient (Wildman–Crippen LogP) is 2.82. The highest BCUT2D eigenvalue weighted by atomic mass is 16.5. The summed E-state index contributed by atoms with van der Waals surface area (Å²) in [7, 11) is 0. The fourth-order valence-corrected chi connectivity index (χ4v) is 3.36. The van der Waals surface area contributed by atoms with E-state index in [1.54, 1.807) is 43.3 Å². The van der Waals surface area contributed by atoms with Crippen LogP contribution in [0.4, 0.5) is 0 Å². The molecule has 0 fully saturated rings. The zero-order chi connectivity index (χ0) is 20.0. The maximum Gasteiger partial charge on any atom is 0.336 e. The van der Waals surface area contributed by atoms with Crippen LogP contribution < -0.4 is 10.4 Å². The monoisotopic (exact) mass is 377 g/mol. The number of fused-ring (bicyclic) bond motifs is 2. The molecule has 7 nitrogen and oxygen atoms in total. The molecular weight excluding hydrogens is 362 g/mol. The van der Waals surface area contributed by atoms with E-state index in [0.717, 1.165) is 4.90 Å². The van der Waals surface area contributed by atoms with Gasteiger partial charge in [0.1, 0.15) is 11.3 Å². The Hall–Kier alpha value is -3.74. The second-order valence-electron chi connectivity index (χ2n) is 6.49. The van der Waals surface area contributed by atoms with Gasteiger partial charge in [-0.05, 0) is 36.8 Å². The highest BCUT2D eigenvalue weighted by molar-refractivity contribution is 6.21. The fraction of sp³-hybridized carbons (Fsp3) is 0.143. The van der Waals surface area contributed by atoms with Crippen LogP contribution in [0.3, 0.4) is 0 Å². The first-order valence-electron chi connectivity index (χ1n) is 8.57. The van der Waals surface area contributed by atoms with Crippen molar-refractivity contribution in [3.05, 3.63) is 75.1 Å². The maximum atomic E-state index is 12.6. The van der Waals surface area contributed by atoms with Crippen molar-refractivity contribution in [2.75, 3.05) is 0 Å². The van der Waals surface area contributed by atoms with E-state index in [-0.39, 0.29) is 17.9 Å². The maximum absolute atomic E-state index is 12.6. The third kappa shape index (κ3) is 2.77. The Morgan fingerprint density at radius 3 is 2.29 bits per heavy atom. The number of rotatable bonds is 3. The Morgan fingerprint density at radius 1 is 1.04 bits per heavy atom. The molecule has 0 bridgehead atoms. The minimum Gasteiger partial charge on any atom is -0.426 e. The number of nitrogens with zero attached hydrogens (tertiary/aromatic N) is 1. The van der Waals surface area contributed by atoms with Crippen molar-refractivity contribution in [3.63, 3.8) is 0 Å². The van der Waals surface area contributed by atoms with Gasteiger partial charge in [0.25, 0.3) is 11.8 Å². The summed E-state index contributed by atoms with van der Waals surface area (Å²) in [4.78, 5) is 49.7. The Labute approximate surface area is 159 Å². The molecule has 2 aromatic carbocycles. The van der Waals surface area contributed by atoms with E-state index in [4.69, 9.17) is 9.15 Å². The molecule has 140 valence electrons. The van der Waals surface area contributed by atoms with Crippen LogP contribution in [0, 0.1) is 6.92 Å². The quantitative estimate of drug-likeness (QED) is 0.302. The van der Waals surface area contributed by atoms with Gasteiger partial charge in [0, 0.05) is 23.9 Å². The van der Waals surface area contributed by atoms with Crippen molar-refractivity contribution in [2.45, 2.75) is 20.4 Å². The summed E-state index contributed by atoms with van der Waals surface area (Å²) in [6.45, 7) is 2.87. The van der Waals surface area contributed by atoms with E-state index in [1.165, 1.54) is 13.0 Å². The number of ether oxygens (including phenoxy) is 1. The van der Waals surface area contributed by atoms with Crippen LogP contribution in [-0.4, -0.2) is 22.7 Å². The van der Waals surface area contributed by atoms with E-state index < -0.39 is 23.4 Å². The highest BCUT2D eigenvalue weighted by Gasteiger charge is 2.35. The van der Waals surface area contributed by atoms with Crippen LogP contribution in [-0.2, 0) is 11.3 Å².